The SMILES string of the molecule is CCN(c1ccc(OCC(=O)N2CCN(c3cccc(Cl)c3)CC2)cc1)S(C)(=O)=O. The van der Waals surface area contributed by atoms with Crippen LogP contribution in [0.1, 0.15) is 6.92 Å². The number of hydrogen-bond donors (Lipinski definition) is 0. The maximum Gasteiger partial charge on any atom is 0.260 e. The lowest BCUT2D eigenvalue weighted by molar-refractivity contribution is -0.133. The van der Waals surface area contributed by atoms with Gasteiger partial charge in [-0.1, -0.05) is 17.7 Å². The van der Waals surface area contributed by atoms with E-state index in [4.69, 9.17) is 16.3 Å². The number of nitrogens with zero attached hydrogens (tertiary/aromatic N) is 3. The zero-order valence-electron chi connectivity index (χ0n) is 17.1. The van der Waals surface area contributed by atoms with Crippen LogP contribution in [0.3, 0.4) is 0 Å². The molecule has 0 saturated carbocycles. The lowest BCUT2D eigenvalue weighted by Crippen LogP contribution is -2.50. The molecule has 1 heterocycles. The number of carbonyl (C=O) groups is 1. The van der Waals surface area contributed by atoms with Crippen molar-refractivity contribution in [1.29, 1.82) is 0 Å². The monoisotopic (exact) mass is 451 g/mol. The molecule has 7 nitrogen and oxygen atoms in total. The van der Waals surface area contributed by atoms with Gasteiger partial charge in [0.2, 0.25) is 10.0 Å². The number of halogens is 1. The van der Waals surface area contributed by atoms with Gasteiger partial charge in [0, 0.05) is 43.4 Å². The molecular weight excluding hydrogens is 426 g/mol. The molecule has 0 bridgehead atoms. The van der Waals surface area contributed by atoms with Crippen LogP contribution in [0.4, 0.5) is 11.4 Å². The first-order valence-corrected chi connectivity index (χ1v) is 12.0. The standard InChI is InChI=1S/C21H26ClN3O4S/c1-3-25(30(2,27)28)18-7-9-20(10-8-18)29-16-21(26)24-13-11-23(12-14-24)19-6-4-5-17(22)15-19/h4-10,15H,3,11-14,16H2,1-2H3. The number of carbonyl (C=O) groups excluding carboxylic acids is 1. The van der Waals surface area contributed by atoms with Crippen molar-refractivity contribution < 1.29 is 17.9 Å². The number of anilines is 2. The molecule has 1 aliphatic heterocycles. The Kier molecular flexibility index (Phi) is 7.10. The third-order valence-electron chi connectivity index (χ3n) is 4.98. The molecule has 1 saturated heterocycles. The van der Waals surface area contributed by atoms with E-state index < -0.39 is 10.0 Å². The zero-order chi connectivity index (χ0) is 21.7. The topological polar surface area (TPSA) is 70.2 Å². The number of rotatable bonds is 7. The Balaban J connectivity index is 1.50. The minimum Gasteiger partial charge on any atom is -0.484 e. The highest BCUT2D eigenvalue weighted by atomic mass is 35.5. The van der Waals surface area contributed by atoms with Crippen LogP contribution in [-0.2, 0) is 14.8 Å². The average Bonchev–Trinajstić information content (AvgIpc) is 2.72. The second-order valence-corrected chi connectivity index (χ2v) is 9.40. The molecule has 0 aliphatic carbocycles. The van der Waals surface area contributed by atoms with E-state index in [0.29, 0.717) is 36.1 Å². The van der Waals surface area contributed by atoms with Crippen LogP contribution in [-0.4, -0.2) is 64.8 Å². The molecule has 9 heteroatoms. The first-order valence-electron chi connectivity index (χ1n) is 9.77. The second kappa shape index (κ2) is 9.57. The maximum absolute atomic E-state index is 12.5. The number of ether oxygens (including phenoxy) is 1. The predicted molar refractivity (Wildman–Crippen MR) is 120 cm³/mol. The van der Waals surface area contributed by atoms with Crippen LogP contribution in [0.25, 0.3) is 0 Å². The van der Waals surface area contributed by atoms with Crippen LogP contribution < -0.4 is 13.9 Å². The van der Waals surface area contributed by atoms with Crippen LogP contribution in [0.15, 0.2) is 48.5 Å². The van der Waals surface area contributed by atoms with Crippen molar-refractivity contribution in [1.82, 2.24) is 4.90 Å². The highest BCUT2D eigenvalue weighted by Crippen LogP contribution is 2.22. The predicted octanol–water partition coefficient (Wildman–Crippen LogP) is 2.85. The van der Waals surface area contributed by atoms with Gasteiger partial charge in [0.1, 0.15) is 5.75 Å². The van der Waals surface area contributed by atoms with Gasteiger partial charge in [0.05, 0.1) is 11.9 Å². The van der Waals surface area contributed by atoms with Gasteiger partial charge in [-0.05, 0) is 49.4 Å². The molecular formula is C21H26ClN3O4S. The number of piperazine rings is 1. The van der Waals surface area contributed by atoms with Crippen molar-refractivity contribution in [3.8, 4) is 5.75 Å². The molecule has 2 aromatic carbocycles. The summed E-state index contributed by atoms with van der Waals surface area (Å²) >= 11 is 6.06. The molecule has 1 fully saturated rings. The Labute approximate surface area is 182 Å². The highest BCUT2D eigenvalue weighted by Gasteiger charge is 2.22. The quantitative estimate of drug-likeness (QED) is 0.647. The number of amides is 1. The Hall–Kier alpha value is -2.45. The maximum atomic E-state index is 12.5. The lowest BCUT2D eigenvalue weighted by Gasteiger charge is -2.36. The van der Waals surface area contributed by atoms with Gasteiger partial charge in [-0.2, -0.15) is 0 Å². The molecule has 3 rings (SSSR count). The molecule has 162 valence electrons. The summed E-state index contributed by atoms with van der Waals surface area (Å²) < 4.78 is 30.5. The summed E-state index contributed by atoms with van der Waals surface area (Å²) in [5, 5.41) is 0.698. The number of benzene rings is 2. The molecule has 0 unspecified atom stereocenters. The molecule has 0 atom stereocenters. The number of sulfonamides is 1. The Morgan fingerprint density at radius 1 is 1.10 bits per heavy atom. The van der Waals surface area contributed by atoms with Crippen molar-refractivity contribution in [2.45, 2.75) is 6.92 Å². The average molecular weight is 452 g/mol. The molecule has 30 heavy (non-hydrogen) atoms. The zero-order valence-corrected chi connectivity index (χ0v) is 18.7. The largest absolute Gasteiger partial charge is 0.484 e. The van der Waals surface area contributed by atoms with Crippen molar-refractivity contribution in [3.63, 3.8) is 0 Å². The van der Waals surface area contributed by atoms with E-state index in [2.05, 4.69) is 4.90 Å². The fourth-order valence-corrected chi connectivity index (χ4v) is 4.60. The van der Waals surface area contributed by atoms with E-state index >= 15 is 0 Å². The third-order valence-corrected chi connectivity index (χ3v) is 6.49. The highest BCUT2D eigenvalue weighted by molar-refractivity contribution is 7.92. The fourth-order valence-electron chi connectivity index (χ4n) is 3.44. The summed E-state index contributed by atoms with van der Waals surface area (Å²) in [6.45, 7) is 4.77. The molecule has 0 aromatic heterocycles. The summed E-state index contributed by atoms with van der Waals surface area (Å²) in [5.41, 5.74) is 1.62. The first-order chi connectivity index (χ1) is 14.3. The van der Waals surface area contributed by atoms with Gasteiger partial charge in [0.15, 0.2) is 6.61 Å². The van der Waals surface area contributed by atoms with Crippen LogP contribution in [0.2, 0.25) is 5.02 Å². The van der Waals surface area contributed by atoms with E-state index in [9.17, 15) is 13.2 Å². The fraction of sp³-hybridized carbons (Fsp3) is 0.381. The van der Waals surface area contributed by atoms with Gasteiger partial charge >= 0.3 is 0 Å². The normalized spacial score (nSPS) is 14.5. The van der Waals surface area contributed by atoms with E-state index in [1.807, 2.05) is 24.3 Å². The smallest absolute Gasteiger partial charge is 0.260 e. The van der Waals surface area contributed by atoms with Gasteiger partial charge in [-0.25, -0.2) is 8.42 Å². The molecule has 0 spiro atoms. The molecule has 1 amide bonds. The van der Waals surface area contributed by atoms with Crippen LogP contribution in [0.5, 0.6) is 5.75 Å². The van der Waals surface area contributed by atoms with E-state index in [1.54, 1.807) is 36.1 Å². The summed E-state index contributed by atoms with van der Waals surface area (Å²) in [7, 11) is -3.33. The third kappa shape index (κ3) is 5.58. The van der Waals surface area contributed by atoms with Crippen molar-refractivity contribution in [2.75, 3.05) is 54.8 Å². The summed E-state index contributed by atoms with van der Waals surface area (Å²) in [6, 6.07) is 14.4. The van der Waals surface area contributed by atoms with Crippen LogP contribution in [0, 0.1) is 0 Å². The number of hydrogen-bond acceptors (Lipinski definition) is 5. The minimum atomic E-state index is -3.33. The van der Waals surface area contributed by atoms with E-state index in [1.165, 1.54) is 10.6 Å². The van der Waals surface area contributed by atoms with E-state index in [-0.39, 0.29) is 12.5 Å². The van der Waals surface area contributed by atoms with Crippen LogP contribution >= 0.6 is 11.6 Å². The summed E-state index contributed by atoms with van der Waals surface area (Å²) in [5.74, 6) is 0.449. The van der Waals surface area contributed by atoms with Gasteiger partial charge in [-0.15, -0.1) is 0 Å². The molecule has 0 N–H and O–H groups in total. The van der Waals surface area contributed by atoms with Crippen molar-refractivity contribution >= 4 is 38.9 Å². The minimum absolute atomic E-state index is 0.0555. The lowest BCUT2D eigenvalue weighted by atomic mass is 10.2. The Morgan fingerprint density at radius 3 is 2.33 bits per heavy atom. The summed E-state index contributed by atoms with van der Waals surface area (Å²) in [6.07, 6.45) is 1.17. The second-order valence-electron chi connectivity index (χ2n) is 7.06. The Bertz CT molecular complexity index is 974. The van der Waals surface area contributed by atoms with Crippen molar-refractivity contribution in [2.24, 2.45) is 0 Å². The van der Waals surface area contributed by atoms with E-state index in [0.717, 1.165) is 18.8 Å². The molecule has 2 aromatic rings. The van der Waals surface area contributed by atoms with Gasteiger partial charge in [0.25, 0.3) is 5.91 Å². The van der Waals surface area contributed by atoms with Gasteiger partial charge in [-0.3, -0.25) is 9.10 Å². The Morgan fingerprint density at radius 2 is 1.77 bits per heavy atom. The molecule has 0 radical (unpaired) electrons. The molecule has 1 aliphatic rings. The first kappa shape index (κ1) is 22.2. The van der Waals surface area contributed by atoms with Crippen molar-refractivity contribution in [3.05, 3.63) is 53.6 Å². The summed E-state index contributed by atoms with van der Waals surface area (Å²) in [4.78, 5) is 16.5. The van der Waals surface area contributed by atoms with Gasteiger partial charge < -0.3 is 14.5 Å².